The SMILES string of the molecule is C/C(=C\CCc1ccccc1)CN(Cc1ccccc1)Cc1ccccc1. The summed E-state index contributed by atoms with van der Waals surface area (Å²) in [6.07, 6.45) is 4.60. The van der Waals surface area contributed by atoms with Gasteiger partial charge in [-0.05, 0) is 36.5 Å². The molecule has 1 nitrogen and oxygen atoms in total. The van der Waals surface area contributed by atoms with Crippen molar-refractivity contribution < 1.29 is 0 Å². The van der Waals surface area contributed by atoms with Crippen LogP contribution in [0.1, 0.15) is 30.0 Å². The molecule has 3 rings (SSSR count). The number of hydrogen-bond acceptors (Lipinski definition) is 1. The van der Waals surface area contributed by atoms with Gasteiger partial charge in [0, 0.05) is 19.6 Å². The fourth-order valence-electron chi connectivity index (χ4n) is 3.40. The highest BCUT2D eigenvalue weighted by Gasteiger charge is 2.08. The molecule has 0 aliphatic rings. The zero-order valence-corrected chi connectivity index (χ0v) is 16.2. The summed E-state index contributed by atoms with van der Waals surface area (Å²) in [4.78, 5) is 2.53. The second-order valence-electron chi connectivity index (χ2n) is 7.19. The van der Waals surface area contributed by atoms with Crippen molar-refractivity contribution in [1.82, 2.24) is 4.90 Å². The van der Waals surface area contributed by atoms with Gasteiger partial charge in [-0.1, -0.05) is 103 Å². The maximum Gasteiger partial charge on any atom is 0.0240 e. The number of nitrogens with zero attached hydrogens (tertiary/aromatic N) is 1. The summed E-state index contributed by atoms with van der Waals surface area (Å²) in [6, 6.07) is 32.3. The van der Waals surface area contributed by atoms with Gasteiger partial charge < -0.3 is 0 Å². The van der Waals surface area contributed by atoms with Gasteiger partial charge in [0.15, 0.2) is 0 Å². The van der Waals surface area contributed by atoms with E-state index in [4.69, 9.17) is 0 Å². The Labute approximate surface area is 164 Å². The molecule has 0 aliphatic carbocycles. The molecular formula is C26H29N. The Bertz CT molecular complexity index is 765. The molecule has 0 heterocycles. The summed E-state index contributed by atoms with van der Waals surface area (Å²) in [6.45, 7) is 5.20. The van der Waals surface area contributed by atoms with Gasteiger partial charge in [0.05, 0.1) is 0 Å². The summed E-state index contributed by atoms with van der Waals surface area (Å²) < 4.78 is 0. The van der Waals surface area contributed by atoms with Crippen molar-refractivity contribution in [2.45, 2.75) is 32.9 Å². The van der Waals surface area contributed by atoms with E-state index in [9.17, 15) is 0 Å². The summed E-state index contributed by atoms with van der Waals surface area (Å²) >= 11 is 0. The van der Waals surface area contributed by atoms with Gasteiger partial charge in [0.1, 0.15) is 0 Å². The van der Waals surface area contributed by atoms with Crippen LogP contribution in [0.2, 0.25) is 0 Å². The molecule has 138 valence electrons. The predicted octanol–water partition coefficient (Wildman–Crippen LogP) is 6.27. The molecule has 27 heavy (non-hydrogen) atoms. The van der Waals surface area contributed by atoms with Crippen LogP contribution < -0.4 is 0 Å². The van der Waals surface area contributed by atoms with E-state index in [1.165, 1.54) is 22.3 Å². The lowest BCUT2D eigenvalue weighted by Gasteiger charge is -2.23. The average molecular weight is 356 g/mol. The van der Waals surface area contributed by atoms with Gasteiger partial charge in [-0.15, -0.1) is 0 Å². The van der Waals surface area contributed by atoms with Crippen LogP contribution in [0.25, 0.3) is 0 Å². The van der Waals surface area contributed by atoms with Crippen molar-refractivity contribution in [3.8, 4) is 0 Å². The van der Waals surface area contributed by atoms with Crippen LogP contribution >= 0.6 is 0 Å². The maximum atomic E-state index is 2.53. The van der Waals surface area contributed by atoms with E-state index in [-0.39, 0.29) is 0 Å². The molecule has 1 heteroatoms. The molecule has 3 aromatic carbocycles. The third kappa shape index (κ3) is 6.88. The lowest BCUT2D eigenvalue weighted by Crippen LogP contribution is -2.24. The lowest BCUT2D eigenvalue weighted by atomic mass is 10.1. The van der Waals surface area contributed by atoms with E-state index in [1.807, 2.05) is 0 Å². The van der Waals surface area contributed by atoms with Gasteiger partial charge in [-0.2, -0.15) is 0 Å². The minimum atomic E-state index is 0.972. The number of allylic oxidation sites excluding steroid dienone is 1. The van der Waals surface area contributed by atoms with E-state index < -0.39 is 0 Å². The Balaban J connectivity index is 1.61. The van der Waals surface area contributed by atoms with E-state index in [1.54, 1.807) is 0 Å². The quantitative estimate of drug-likeness (QED) is 0.409. The van der Waals surface area contributed by atoms with Crippen molar-refractivity contribution in [2.75, 3.05) is 6.54 Å². The molecule has 0 amide bonds. The average Bonchev–Trinajstić information content (AvgIpc) is 2.70. The van der Waals surface area contributed by atoms with E-state index >= 15 is 0 Å². The molecule has 0 fully saturated rings. The number of aryl methyl sites for hydroxylation is 1. The Hall–Kier alpha value is -2.64. The first-order chi connectivity index (χ1) is 13.3. The molecule has 0 spiro atoms. The highest BCUT2D eigenvalue weighted by molar-refractivity contribution is 5.19. The smallest absolute Gasteiger partial charge is 0.0240 e. The van der Waals surface area contributed by atoms with Gasteiger partial charge in [0.2, 0.25) is 0 Å². The molecule has 0 bridgehead atoms. The highest BCUT2D eigenvalue weighted by Crippen LogP contribution is 2.13. The van der Waals surface area contributed by atoms with Crippen LogP contribution in [-0.2, 0) is 19.5 Å². The van der Waals surface area contributed by atoms with Gasteiger partial charge in [0.25, 0.3) is 0 Å². The third-order valence-electron chi connectivity index (χ3n) is 4.74. The van der Waals surface area contributed by atoms with Crippen molar-refractivity contribution in [3.63, 3.8) is 0 Å². The van der Waals surface area contributed by atoms with Gasteiger partial charge in [-0.3, -0.25) is 4.90 Å². The first kappa shape index (κ1) is 19.1. The largest absolute Gasteiger partial charge is 0.291 e. The minimum Gasteiger partial charge on any atom is -0.291 e. The van der Waals surface area contributed by atoms with Crippen LogP contribution in [0.15, 0.2) is 103 Å². The molecule has 3 aromatic rings. The molecule has 0 atom stereocenters. The maximum absolute atomic E-state index is 2.53. The Morgan fingerprint density at radius 1 is 0.667 bits per heavy atom. The fourth-order valence-corrected chi connectivity index (χ4v) is 3.40. The van der Waals surface area contributed by atoms with Crippen molar-refractivity contribution in [2.24, 2.45) is 0 Å². The van der Waals surface area contributed by atoms with Crippen molar-refractivity contribution in [3.05, 3.63) is 119 Å². The first-order valence-corrected chi connectivity index (χ1v) is 9.79. The lowest BCUT2D eigenvalue weighted by molar-refractivity contribution is 0.279. The summed E-state index contributed by atoms with van der Waals surface area (Å²) in [7, 11) is 0. The predicted molar refractivity (Wildman–Crippen MR) is 116 cm³/mol. The highest BCUT2D eigenvalue weighted by atomic mass is 15.1. The second kappa shape index (κ2) is 10.5. The Morgan fingerprint density at radius 2 is 1.11 bits per heavy atom. The molecule has 0 aromatic heterocycles. The molecular weight excluding hydrogens is 326 g/mol. The second-order valence-corrected chi connectivity index (χ2v) is 7.19. The summed E-state index contributed by atoms with van der Waals surface area (Å²) in [5.41, 5.74) is 5.58. The number of benzene rings is 3. The van der Waals surface area contributed by atoms with Gasteiger partial charge >= 0.3 is 0 Å². The van der Waals surface area contributed by atoms with Gasteiger partial charge in [-0.25, -0.2) is 0 Å². The van der Waals surface area contributed by atoms with Crippen LogP contribution in [0.4, 0.5) is 0 Å². The summed E-state index contributed by atoms with van der Waals surface area (Å²) in [5, 5.41) is 0. The third-order valence-corrected chi connectivity index (χ3v) is 4.74. The fraction of sp³-hybridized carbons (Fsp3) is 0.231. The van der Waals surface area contributed by atoms with Crippen molar-refractivity contribution in [1.29, 1.82) is 0 Å². The Kier molecular flexibility index (Phi) is 7.44. The molecule has 0 saturated heterocycles. The topological polar surface area (TPSA) is 3.24 Å². The number of hydrogen-bond donors (Lipinski definition) is 0. The monoisotopic (exact) mass is 355 g/mol. The normalized spacial score (nSPS) is 11.7. The molecule has 0 aliphatic heterocycles. The molecule has 0 saturated carbocycles. The van der Waals surface area contributed by atoms with Crippen LogP contribution in [-0.4, -0.2) is 11.4 Å². The molecule has 0 radical (unpaired) electrons. The van der Waals surface area contributed by atoms with E-state index in [0.29, 0.717) is 0 Å². The van der Waals surface area contributed by atoms with E-state index in [0.717, 1.165) is 32.5 Å². The van der Waals surface area contributed by atoms with Crippen molar-refractivity contribution >= 4 is 0 Å². The minimum absolute atomic E-state index is 0.972. The molecule has 0 unspecified atom stereocenters. The van der Waals surface area contributed by atoms with Crippen LogP contribution in [0.3, 0.4) is 0 Å². The van der Waals surface area contributed by atoms with E-state index in [2.05, 4.69) is 109 Å². The molecule has 0 N–H and O–H groups in total. The zero-order valence-electron chi connectivity index (χ0n) is 16.2. The summed E-state index contributed by atoms with van der Waals surface area (Å²) in [5.74, 6) is 0. The van der Waals surface area contributed by atoms with Crippen LogP contribution in [0.5, 0.6) is 0 Å². The first-order valence-electron chi connectivity index (χ1n) is 9.79. The Morgan fingerprint density at radius 3 is 1.59 bits per heavy atom. The van der Waals surface area contributed by atoms with Crippen LogP contribution in [0, 0.1) is 0 Å². The zero-order chi connectivity index (χ0) is 18.7. The number of rotatable bonds is 9. The standard InChI is InChI=1S/C26H29N/c1-23(12-11-19-24-13-5-2-6-14-24)20-27(21-25-15-7-3-8-16-25)22-26-17-9-4-10-18-26/h2-10,12-18H,11,19-22H2,1H3/b23-12+.